The number of rotatable bonds is 7. The highest BCUT2D eigenvalue weighted by atomic mass is 32.2. The molecule has 0 aromatic carbocycles. The molecular weight excluding hydrogens is 402 g/mol. The third-order valence-electron chi connectivity index (χ3n) is 5.18. The largest absolute Gasteiger partial charge is 0.444 e. The summed E-state index contributed by atoms with van der Waals surface area (Å²) < 4.78 is 45.7. The Morgan fingerprint density at radius 1 is 1.28 bits per heavy atom. The Morgan fingerprint density at radius 2 is 1.93 bits per heavy atom. The van der Waals surface area contributed by atoms with E-state index in [1.54, 1.807) is 34.6 Å². The van der Waals surface area contributed by atoms with E-state index in [0.29, 0.717) is 13.0 Å². The van der Waals surface area contributed by atoms with Crippen molar-refractivity contribution < 1.29 is 37.0 Å². The molecule has 10 heteroatoms. The quantitative estimate of drug-likeness (QED) is 0.472. The van der Waals surface area contributed by atoms with Gasteiger partial charge in [0.25, 0.3) is 0 Å². The van der Waals surface area contributed by atoms with Crippen LogP contribution >= 0.6 is 0 Å². The molecule has 0 saturated carbocycles. The van der Waals surface area contributed by atoms with Crippen LogP contribution in [0, 0.1) is 5.92 Å². The fourth-order valence-electron chi connectivity index (χ4n) is 4.05. The van der Waals surface area contributed by atoms with Gasteiger partial charge in [-0.25, -0.2) is 13.2 Å². The molecule has 2 rings (SSSR count). The Morgan fingerprint density at radius 3 is 2.45 bits per heavy atom. The van der Waals surface area contributed by atoms with Gasteiger partial charge in [0, 0.05) is 25.9 Å². The normalized spacial score (nSPS) is 32.0. The number of hydrogen-bond acceptors (Lipinski definition) is 8. The van der Waals surface area contributed by atoms with Crippen LogP contribution in [0.4, 0.5) is 4.79 Å². The van der Waals surface area contributed by atoms with Crippen LogP contribution in [-0.4, -0.2) is 80.8 Å². The second-order valence-corrected chi connectivity index (χ2v) is 10.0. The van der Waals surface area contributed by atoms with Crippen LogP contribution in [0.2, 0.25) is 0 Å². The van der Waals surface area contributed by atoms with Crippen molar-refractivity contribution in [3.8, 4) is 0 Å². The first-order chi connectivity index (χ1) is 13.4. The molecule has 9 nitrogen and oxygen atoms in total. The first kappa shape index (κ1) is 24.0. The van der Waals surface area contributed by atoms with Crippen LogP contribution in [0.15, 0.2) is 0 Å². The van der Waals surface area contributed by atoms with E-state index in [9.17, 15) is 18.0 Å². The summed E-state index contributed by atoms with van der Waals surface area (Å²) in [4.78, 5) is 25.1. The van der Waals surface area contributed by atoms with Crippen molar-refractivity contribution in [2.75, 3.05) is 19.4 Å². The van der Waals surface area contributed by atoms with Crippen molar-refractivity contribution in [1.29, 1.82) is 0 Å². The van der Waals surface area contributed by atoms with E-state index < -0.39 is 52.4 Å². The topological polar surface area (TPSA) is 108 Å². The van der Waals surface area contributed by atoms with Gasteiger partial charge in [-0.2, -0.15) is 0 Å². The van der Waals surface area contributed by atoms with Gasteiger partial charge in [0.15, 0.2) is 0 Å². The van der Waals surface area contributed by atoms with Crippen molar-refractivity contribution in [2.45, 2.75) is 83.2 Å². The molecule has 0 bridgehead atoms. The van der Waals surface area contributed by atoms with E-state index in [4.69, 9.17) is 18.9 Å². The van der Waals surface area contributed by atoms with Crippen LogP contribution < -0.4 is 0 Å². The highest BCUT2D eigenvalue weighted by Gasteiger charge is 2.49. The molecule has 29 heavy (non-hydrogen) atoms. The monoisotopic (exact) mass is 435 g/mol. The maximum Gasteiger partial charge on any atom is 0.412 e. The van der Waals surface area contributed by atoms with Crippen molar-refractivity contribution in [1.82, 2.24) is 4.90 Å². The molecule has 2 fully saturated rings. The van der Waals surface area contributed by atoms with E-state index in [-0.39, 0.29) is 18.3 Å². The fraction of sp³-hybridized carbons (Fsp3) is 0.895. The van der Waals surface area contributed by atoms with Crippen molar-refractivity contribution in [3.63, 3.8) is 0 Å². The van der Waals surface area contributed by atoms with Gasteiger partial charge >= 0.3 is 6.09 Å². The van der Waals surface area contributed by atoms with E-state index in [1.807, 2.05) is 0 Å². The summed E-state index contributed by atoms with van der Waals surface area (Å²) in [5.41, 5.74) is -1.47. The third-order valence-corrected chi connectivity index (χ3v) is 5.90. The van der Waals surface area contributed by atoms with Crippen molar-refractivity contribution in [3.05, 3.63) is 0 Å². The Hall–Kier alpha value is -1.23. The summed E-state index contributed by atoms with van der Waals surface area (Å²) in [5, 5.41) is 0. The van der Waals surface area contributed by atoms with E-state index in [0.717, 1.165) is 6.29 Å². The predicted octanol–water partition coefficient (Wildman–Crippen LogP) is 1.35. The first-order valence-corrected chi connectivity index (χ1v) is 11.2. The highest BCUT2D eigenvalue weighted by Crippen LogP contribution is 2.37. The van der Waals surface area contributed by atoms with Gasteiger partial charge in [0.1, 0.15) is 28.3 Å². The van der Waals surface area contributed by atoms with Gasteiger partial charge in [-0.05, 0) is 34.6 Å². The summed E-state index contributed by atoms with van der Waals surface area (Å²) in [6, 6.07) is 0. The number of nitrogens with zero attached hydrogens (tertiary/aromatic N) is 1. The Kier molecular flexibility index (Phi) is 7.69. The lowest BCUT2D eigenvalue weighted by Crippen LogP contribution is -2.46. The lowest BCUT2D eigenvalue weighted by atomic mass is 9.94. The third kappa shape index (κ3) is 6.13. The standard InChI is InChI=1S/C19H33NO8S/c1-18(2,3)28-17(22)20-10-12(27-19(20,4)5)9-15-16(25-6)13(11-29(23)24)14(26-15)7-8-21/h8,12-16,29H,7,9-11H2,1-6H3/t12-,13-,14-,15+,16+/m0/s1. The zero-order valence-electron chi connectivity index (χ0n) is 18.0. The van der Waals surface area contributed by atoms with Gasteiger partial charge < -0.3 is 23.7 Å². The molecule has 5 atom stereocenters. The summed E-state index contributed by atoms with van der Waals surface area (Å²) >= 11 is 0. The molecule has 2 heterocycles. The minimum atomic E-state index is -2.64. The average molecular weight is 436 g/mol. The Bertz CT molecular complexity index is 664. The number of aldehydes is 1. The molecule has 2 aliphatic heterocycles. The van der Waals surface area contributed by atoms with Crippen molar-refractivity contribution >= 4 is 23.1 Å². The minimum absolute atomic E-state index is 0.102. The van der Waals surface area contributed by atoms with E-state index in [2.05, 4.69) is 0 Å². The molecule has 168 valence electrons. The smallest absolute Gasteiger partial charge is 0.412 e. The number of hydrogen-bond donors (Lipinski definition) is 1. The molecule has 0 aromatic heterocycles. The van der Waals surface area contributed by atoms with Crippen molar-refractivity contribution in [2.24, 2.45) is 5.92 Å². The second kappa shape index (κ2) is 9.28. The molecule has 0 spiro atoms. The summed E-state index contributed by atoms with van der Waals surface area (Å²) in [6.07, 6.45) is -0.999. The van der Waals surface area contributed by atoms with Gasteiger partial charge in [-0.1, -0.05) is 0 Å². The summed E-state index contributed by atoms with van der Waals surface area (Å²) in [5.74, 6) is -0.531. The molecular formula is C19H33NO8S. The number of carbonyl (C=O) groups is 2. The maximum atomic E-state index is 12.6. The highest BCUT2D eigenvalue weighted by molar-refractivity contribution is 7.72. The SMILES string of the molecule is CO[C@@H]1[C@@H](C[SH](=O)=O)[C@H](CC=O)O[C@@H]1C[C@H]1CN(C(=O)OC(C)(C)C)C(C)(C)O1. The van der Waals surface area contributed by atoms with E-state index >= 15 is 0 Å². The Labute approximate surface area is 173 Å². The molecule has 0 aliphatic carbocycles. The number of amides is 1. The maximum absolute atomic E-state index is 12.6. The van der Waals surface area contributed by atoms with E-state index in [1.165, 1.54) is 12.0 Å². The molecule has 0 N–H and O–H groups in total. The molecule has 2 saturated heterocycles. The molecule has 0 aromatic rings. The molecule has 2 aliphatic rings. The zero-order chi connectivity index (χ0) is 22.0. The van der Waals surface area contributed by atoms with Gasteiger partial charge in [-0.15, -0.1) is 0 Å². The van der Waals surface area contributed by atoms with Gasteiger partial charge in [0.05, 0.1) is 36.7 Å². The predicted molar refractivity (Wildman–Crippen MR) is 105 cm³/mol. The summed E-state index contributed by atoms with van der Waals surface area (Å²) in [7, 11) is -1.14. The lowest BCUT2D eigenvalue weighted by Gasteiger charge is -2.31. The lowest BCUT2D eigenvalue weighted by molar-refractivity contribution is -0.111. The second-order valence-electron chi connectivity index (χ2n) is 9.01. The number of thiol groups is 1. The van der Waals surface area contributed by atoms with Crippen LogP contribution in [0.5, 0.6) is 0 Å². The van der Waals surface area contributed by atoms with Crippen LogP contribution in [-0.2, 0) is 34.4 Å². The zero-order valence-corrected chi connectivity index (χ0v) is 18.8. The number of ether oxygens (including phenoxy) is 4. The van der Waals surface area contributed by atoms with Gasteiger partial charge in [0.2, 0.25) is 0 Å². The Balaban J connectivity index is 2.10. The van der Waals surface area contributed by atoms with Crippen LogP contribution in [0.1, 0.15) is 47.5 Å². The summed E-state index contributed by atoms with van der Waals surface area (Å²) in [6.45, 7) is 9.31. The molecule has 1 amide bonds. The molecule has 0 unspecified atom stereocenters. The minimum Gasteiger partial charge on any atom is -0.444 e. The van der Waals surface area contributed by atoms with Crippen LogP contribution in [0.25, 0.3) is 0 Å². The number of methoxy groups -OCH3 is 1. The number of carbonyl (C=O) groups excluding carboxylic acids is 2. The average Bonchev–Trinajstić information content (AvgIpc) is 3.02. The molecule has 0 radical (unpaired) electrons. The van der Waals surface area contributed by atoms with Gasteiger partial charge in [-0.3, -0.25) is 4.90 Å². The van der Waals surface area contributed by atoms with Crippen LogP contribution in [0.3, 0.4) is 0 Å². The first-order valence-electron chi connectivity index (χ1n) is 9.80. The fourth-order valence-corrected chi connectivity index (χ4v) is 4.84.